The fraction of sp³-hybridized carbons (Fsp3) is 0.471. The van der Waals surface area contributed by atoms with Crippen LogP contribution in [0.25, 0.3) is 0 Å². The summed E-state index contributed by atoms with van der Waals surface area (Å²) in [6, 6.07) is 1.91. The van der Waals surface area contributed by atoms with Crippen LogP contribution in [0.5, 0.6) is 0 Å². The first-order valence-electron chi connectivity index (χ1n) is 7.99. The SMILES string of the molecule is CCc1nc(C)c(C(=O)N2CCc3sc(C(=O)N(C)C)cc3C2)o1. The van der Waals surface area contributed by atoms with Gasteiger partial charge in [0.2, 0.25) is 5.76 Å². The standard InChI is InChI=1S/C17H21N3O3S/c1-5-14-18-10(2)15(23-14)17(22)20-7-6-12-11(9-20)8-13(24-12)16(21)19(3)4/h8H,5-7,9H2,1-4H3. The van der Waals surface area contributed by atoms with Gasteiger partial charge in [-0.2, -0.15) is 0 Å². The minimum Gasteiger partial charge on any atom is -0.435 e. The molecule has 1 aliphatic rings. The second-order valence-corrected chi connectivity index (χ2v) is 7.25. The Morgan fingerprint density at radius 1 is 1.42 bits per heavy atom. The van der Waals surface area contributed by atoms with Gasteiger partial charge in [-0.25, -0.2) is 4.98 Å². The fourth-order valence-electron chi connectivity index (χ4n) is 2.78. The van der Waals surface area contributed by atoms with Crippen molar-refractivity contribution in [3.05, 3.63) is 38.7 Å². The number of thiophene rings is 1. The maximum Gasteiger partial charge on any atom is 0.291 e. The number of aromatic nitrogens is 1. The zero-order valence-corrected chi connectivity index (χ0v) is 15.2. The summed E-state index contributed by atoms with van der Waals surface area (Å²) in [6.45, 7) is 4.88. The molecule has 0 N–H and O–H groups in total. The summed E-state index contributed by atoms with van der Waals surface area (Å²) in [5.41, 5.74) is 1.69. The molecule has 0 atom stereocenters. The molecule has 7 heteroatoms. The largest absolute Gasteiger partial charge is 0.435 e. The third-order valence-corrected chi connectivity index (χ3v) is 5.33. The van der Waals surface area contributed by atoms with Crippen LogP contribution in [0.4, 0.5) is 0 Å². The van der Waals surface area contributed by atoms with Crippen molar-refractivity contribution in [3.8, 4) is 0 Å². The molecule has 0 fully saturated rings. The minimum absolute atomic E-state index is 0.00550. The number of amides is 2. The summed E-state index contributed by atoms with van der Waals surface area (Å²) in [4.78, 5) is 34.4. The van der Waals surface area contributed by atoms with Gasteiger partial charge in [0.1, 0.15) is 0 Å². The highest BCUT2D eigenvalue weighted by atomic mass is 32.1. The van der Waals surface area contributed by atoms with E-state index in [0.717, 1.165) is 16.9 Å². The van der Waals surface area contributed by atoms with Crippen molar-refractivity contribution >= 4 is 23.2 Å². The molecule has 6 nitrogen and oxygen atoms in total. The minimum atomic E-state index is -0.128. The number of fused-ring (bicyclic) bond motifs is 1. The van der Waals surface area contributed by atoms with E-state index in [2.05, 4.69) is 4.98 Å². The van der Waals surface area contributed by atoms with Gasteiger partial charge < -0.3 is 14.2 Å². The van der Waals surface area contributed by atoms with Crippen LogP contribution in [-0.4, -0.2) is 47.2 Å². The molecule has 2 amide bonds. The highest BCUT2D eigenvalue weighted by Gasteiger charge is 2.28. The van der Waals surface area contributed by atoms with Gasteiger partial charge in [0.15, 0.2) is 5.89 Å². The van der Waals surface area contributed by atoms with Crippen molar-refractivity contribution in [2.45, 2.75) is 33.2 Å². The number of carbonyl (C=O) groups excluding carboxylic acids is 2. The van der Waals surface area contributed by atoms with Crippen LogP contribution in [-0.2, 0) is 19.4 Å². The smallest absolute Gasteiger partial charge is 0.291 e. The molecule has 0 unspecified atom stereocenters. The zero-order chi connectivity index (χ0) is 17.4. The second-order valence-electron chi connectivity index (χ2n) is 6.11. The Hall–Kier alpha value is -2.15. The summed E-state index contributed by atoms with van der Waals surface area (Å²) in [7, 11) is 3.49. The van der Waals surface area contributed by atoms with Crippen molar-refractivity contribution in [2.75, 3.05) is 20.6 Å². The summed E-state index contributed by atoms with van der Waals surface area (Å²) in [5.74, 6) is 0.793. The first-order valence-corrected chi connectivity index (χ1v) is 8.81. The number of carbonyl (C=O) groups is 2. The van der Waals surface area contributed by atoms with Crippen molar-refractivity contribution in [2.24, 2.45) is 0 Å². The van der Waals surface area contributed by atoms with E-state index in [0.29, 0.717) is 36.9 Å². The van der Waals surface area contributed by atoms with Crippen LogP contribution in [0.1, 0.15) is 49.2 Å². The first kappa shape index (κ1) is 16.7. The lowest BCUT2D eigenvalue weighted by Gasteiger charge is -2.26. The molecule has 2 aromatic heterocycles. The summed E-state index contributed by atoms with van der Waals surface area (Å²) in [5, 5.41) is 0. The average molecular weight is 347 g/mol. The summed E-state index contributed by atoms with van der Waals surface area (Å²) in [6.07, 6.45) is 1.43. The molecule has 0 saturated carbocycles. The van der Waals surface area contributed by atoms with E-state index in [9.17, 15) is 9.59 Å². The molecule has 0 aliphatic carbocycles. The van der Waals surface area contributed by atoms with Crippen LogP contribution < -0.4 is 0 Å². The molecule has 0 bridgehead atoms. The van der Waals surface area contributed by atoms with Crippen molar-refractivity contribution < 1.29 is 14.0 Å². The fourth-order valence-corrected chi connectivity index (χ4v) is 3.96. The van der Waals surface area contributed by atoms with Gasteiger partial charge in [-0.15, -0.1) is 11.3 Å². The molecular weight excluding hydrogens is 326 g/mol. The Bertz CT molecular complexity index is 791. The van der Waals surface area contributed by atoms with Gasteiger partial charge in [-0.1, -0.05) is 6.92 Å². The van der Waals surface area contributed by atoms with E-state index >= 15 is 0 Å². The van der Waals surface area contributed by atoms with Gasteiger partial charge in [0.25, 0.3) is 11.8 Å². The van der Waals surface area contributed by atoms with Gasteiger partial charge in [0, 0.05) is 38.5 Å². The first-order chi connectivity index (χ1) is 11.4. The average Bonchev–Trinajstić information content (AvgIpc) is 3.15. The van der Waals surface area contributed by atoms with E-state index < -0.39 is 0 Å². The Balaban J connectivity index is 1.80. The molecular formula is C17H21N3O3S. The summed E-state index contributed by atoms with van der Waals surface area (Å²) < 4.78 is 5.58. The Morgan fingerprint density at radius 3 is 2.79 bits per heavy atom. The Kier molecular flexibility index (Phi) is 4.45. The lowest BCUT2D eigenvalue weighted by molar-refractivity contribution is 0.0700. The molecule has 1 aliphatic heterocycles. The Labute approximate surface area is 145 Å². The zero-order valence-electron chi connectivity index (χ0n) is 14.4. The van der Waals surface area contributed by atoms with E-state index in [-0.39, 0.29) is 11.8 Å². The number of aryl methyl sites for hydroxylation is 2. The number of hydrogen-bond donors (Lipinski definition) is 0. The maximum atomic E-state index is 12.7. The van der Waals surface area contributed by atoms with Crippen molar-refractivity contribution in [3.63, 3.8) is 0 Å². The molecule has 128 valence electrons. The van der Waals surface area contributed by atoms with E-state index in [1.165, 1.54) is 16.2 Å². The molecule has 0 radical (unpaired) electrons. The third-order valence-electron chi connectivity index (χ3n) is 4.11. The molecule has 0 saturated heterocycles. The van der Waals surface area contributed by atoms with Crippen LogP contribution in [0.3, 0.4) is 0 Å². The van der Waals surface area contributed by atoms with E-state index in [1.807, 2.05) is 13.0 Å². The van der Waals surface area contributed by atoms with Crippen LogP contribution >= 0.6 is 11.3 Å². The number of oxazole rings is 1. The van der Waals surface area contributed by atoms with Crippen molar-refractivity contribution in [1.82, 2.24) is 14.8 Å². The van der Waals surface area contributed by atoms with Crippen LogP contribution in [0.15, 0.2) is 10.5 Å². The quantitative estimate of drug-likeness (QED) is 0.856. The van der Waals surface area contributed by atoms with Crippen LogP contribution in [0, 0.1) is 6.92 Å². The molecule has 2 aromatic rings. The van der Waals surface area contributed by atoms with E-state index in [1.54, 1.807) is 30.8 Å². The lowest BCUT2D eigenvalue weighted by Crippen LogP contribution is -2.35. The highest BCUT2D eigenvalue weighted by molar-refractivity contribution is 7.14. The predicted molar refractivity (Wildman–Crippen MR) is 91.4 cm³/mol. The third kappa shape index (κ3) is 2.96. The number of rotatable bonds is 3. The molecule has 24 heavy (non-hydrogen) atoms. The monoisotopic (exact) mass is 347 g/mol. The molecule has 3 heterocycles. The normalized spacial score (nSPS) is 13.8. The van der Waals surface area contributed by atoms with Gasteiger partial charge >= 0.3 is 0 Å². The second kappa shape index (κ2) is 6.39. The van der Waals surface area contributed by atoms with E-state index in [4.69, 9.17) is 4.42 Å². The maximum absolute atomic E-state index is 12.7. The number of nitrogens with zero attached hydrogens (tertiary/aromatic N) is 3. The van der Waals surface area contributed by atoms with Gasteiger partial charge in [0.05, 0.1) is 10.6 Å². The topological polar surface area (TPSA) is 66.7 Å². The summed E-state index contributed by atoms with van der Waals surface area (Å²) >= 11 is 1.53. The molecule has 3 rings (SSSR count). The van der Waals surface area contributed by atoms with Gasteiger partial charge in [-0.05, 0) is 25.0 Å². The highest BCUT2D eigenvalue weighted by Crippen LogP contribution is 2.29. The van der Waals surface area contributed by atoms with Gasteiger partial charge in [-0.3, -0.25) is 9.59 Å². The molecule has 0 aromatic carbocycles. The lowest BCUT2D eigenvalue weighted by atomic mass is 10.1. The predicted octanol–water partition coefficient (Wildman–Crippen LogP) is 2.51. The Morgan fingerprint density at radius 2 is 2.17 bits per heavy atom. The molecule has 0 spiro atoms. The number of hydrogen-bond acceptors (Lipinski definition) is 5. The van der Waals surface area contributed by atoms with Crippen molar-refractivity contribution in [1.29, 1.82) is 0 Å². The van der Waals surface area contributed by atoms with Crippen LogP contribution in [0.2, 0.25) is 0 Å².